The quantitative estimate of drug-likeness (QED) is 0.107. The number of aliphatic hydroxyl groups excluding tert-OH is 1. The number of carbonyl (C=O) groups excluding carboxylic acids is 2. The summed E-state index contributed by atoms with van der Waals surface area (Å²) >= 11 is 0. The lowest BCUT2D eigenvalue weighted by molar-refractivity contribution is -0.135. The summed E-state index contributed by atoms with van der Waals surface area (Å²) in [5, 5.41) is 14.1. The fourth-order valence-electron chi connectivity index (χ4n) is 7.26. The van der Waals surface area contributed by atoms with Crippen LogP contribution in [0.15, 0.2) is 103 Å². The first-order chi connectivity index (χ1) is 23.6. The molecule has 0 unspecified atom stereocenters. The van der Waals surface area contributed by atoms with Crippen molar-refractivity contribution in [2.24, 2.45) is 5.92 Å². The molecular weight excluding hydrogens is 631 g/mol. The molecule has 1 aliphatic rings. The van der Waals surface area contributed by atoms with Crippen molar-refractivity contribution in [1.82, 2.24) is 4.90 Å². The Morgan fingerprint density at radius 2 is 1.57 bits per heavy atom. The maximum atomic E-state index is 13.9. The molecule has 4 N–H and O–H groups in total. The predicted octanol–water partition coefficient (Wildman–Crippen LogP) is 6.26. The van der Waals surface area contributed by atoms with Crippen LogP contribution in [0.25, 0.3) is 0 Å². The van der Waals surface area contributed by atoms with Crippen molar-refractivity contribution in [1.29, 1.82) is 0 Å². The molecule has 1 heterocycles. The number of nitrogen functional groups attached to an aromatic ring is 1. The Kier molecular flexibility index (Phi) is 11.9. The molecule has 5 rings (SSSR count). The molecule has 9 heteroatoms. The standard InChI is InChI=1S/C40H49N3O5Si/c1-28-36(23-12-29-10-17-33(18-11-29)42-40(46)31-13-15-32(41)16-14-31)48-37(39(28)49(3,4)35-21-19-34(47-2)20-22-35)26-38(45)43(24-25-44)27-30-8-6-5-7-9-30/h5-11,13-22,28,36-37,39,44H,12,23-27,41H2,1-4H3,(H,42,46)/t28-,36+,37-,39+/m0/s1. The highest BCUT2D eigenvalue weighted by Crippen LogP contribution is 2.46. The van der Waals surface area contributed by atoms with Crippen LogP contribution in [0.4, 0.5) is 11.4 Å². The van der Waals surface area contributed by atoms with Crippen molar-refractivity contribution in [2.45, 2.75) is 63.6 Å². The van der Waals surface area contributed by atoms with Crippen LogP contribution >= 0.6 is 0 Å². The van der Waals surface area contributed by atoms with E-state index in [4.69, 9.17) is 15.2 Å². The Morgan fingerprint density at radius 3 is 2.20 bits per heavy atom. The van der Waals surface area contributed by atoms with Gasteiger partial charge in [-0.25, -0.2) is 0 Å². The maximum absolute atomic E-state index is 13.9. The van der Waals surface area contributed by atoms with E-state index >= 15 is 0 Å². The van der Waals surface area contributed by atoms with Crippen LogP contribution in [0.2, 0.25) is 18.6 Å². The van der Waals surface area contributed by atoms with Gasteiger partial charge in [0.2, 0.25) is 5.91 Å². The number of hydrogen-bond acceptors (Lipinski definition) is 6. The van der Waals surface area contributed by atoms with Crippen molar-refractivity contribution in [3.63, 3.8) is 0 Å². The first kappa shape index (κ1) is 35.9. The Labute approximate surface area is 291 Å². The number of ether oxygens (including phenoxy) is 2. The van der Waals surface area contributed by atoms with Crippen LogP contribution in [0.3, 0.4) is 0 Å². The molecule has 4 aromatic carbocycles. The van der Waals surface area contributed by atoms with Crippen LogP contribution < -0.4 is 21.0 Å². The minimum atomic E-state index is -2.15. The molecule has 258 valence electrons. The number of nitrogens with zero attached hydrogens (tertiary/aromatic N) is 1. The smallest absolute Gasteiger partial charge is 0.255 e. The number of hydrogen-bond donors (Lipinski definition) is 3. The molecule has 4 aromatic rings. The van der Waals surface area contributed by atoms with E-state index in [0.29, 0.717) is 17.8 Å². The fraction of sp³-hybridized carbons (Fsp3) is 0.350. The summed E-state index contributed by atoms with van der Waals surface area (Å²) in [6.07, 6.45) is 1.64. The minimum absolute atomic E-state index is 0.00288. The molecule has 0 bridgehead atoms. The number of benzene rings is 4. The molecule has 0 spiro atoms. The van der Waals surface area contributed by atoms with Crippen molar-refractivity contribution < 1.29 is 24.2 Å². The van der Waals surface area contributed by atoms with E-state index in [2.05, 4.69) is 37.5 Å². The van der Waals surface area contributed by atoms with E-state index in [9.17, 15) is 14.7 Å². The number of aryl methyl sites for hydroxylation is 1. The Morgan fingerprint density at radius 1 is 0.898 bits per heavy atom. The Balaban J connectivity index is 1.30. The third-order valence-corrected chi connectivity index (χ3v) is 14.4. The van der Waals surface area contributed by atoms with E-state index < -0.39 is 8.07 Å². The number of aliphatic hydroxyl groups is 1. The number of carbonyl (C=O) groups is 2. The third-order valence-electron chi connectivity index (χ3n) is 9.99. The highest BCUT2D eigenvalue weighted by molar-refractivity contribution is 6.91. The zero-order chi connectivity index (χ0) is 35.0. The van der Waals surface area contributed by atoms with Crippen LogP contribution in [0, 0.1) is 5.92 Å². The molecule has 1 aliphatic heterocycles. The highest BCUT2D eigenvalue weighted by Gasteiger charge is 2.51. The van der Waals surface area contributed by atoms with Gasteiger partial charge in [-0.2, -0.15) is 0 Å². The second-order valence-corrected chi connectivity index (χ2v) is 18.3. The average Bonchev–Trinajstić information content (AvgIpc) is 3.43. The van der Waals surface area contributed by atoms with Gasteiger partial charge in [0.1, 0.15) is 5.75 Å². The molecule has 0 radical (unpaired) electrons. The Hall–Kier alpha value is -4.44. The lowest BCUT2D eigenvalue weighted by atomic mass is 9.95. The molecule has 4 atom stereocenters. The summed E-state index contributed by atoms with van der Waals surface area (Å²) in [6.45, 7) is 7.68. The zero-order valence-electron chi connectivity index (χ0n) is 29.0. The van der Waals surface area contributed by atoms with Gasteiger partial charge in [-0.1, -0.05) is 79.8 Å². The molecular formula is C40H49N3O5Si. The van der Waals surface area contributed by atoms with E-state index in [1.54, 1.807) is 36.3 Å². The summed E-state index contributed by atoms with van der Waals surface area (Å²) in [6, 6.07) is 33.1. The van der Waals surface area contributed by atoms with Crippen molar-refractivity contribution in [3.05, 3.63) is 120 Å². The normalized spacial score (nSPS) is 19.0. The van der Waals surface area contributed by atoms with Gasteiger partial charge in [0.25, 0.3) is 5.91 Å². The van der Waals surface area contributed by atoms with Crippen molar-refractivity contribution in [2.75, 3.05) is 31.3 Å². The second-order valence-electron chi connectivity index (χ2n) is 13.6. The van der Waals surface area contributed by atoms with Gasteiger partial charge in [-0.3, -0.25) is 9.59 Å². The second kappa shape index (κ2) is 16.3. The van der Waals surface area contributed by atoms with Crippen LogP contribution in [-0.2, 0) is 22.5 Å². The molecule has 0 aliphatic carbocycles. The summed E-state index contributed by atoms with van der Waals surface area (Å²) < 4.78 is 12.3. The third kappa shape index (κ3) is 8.97. The largest absolute Gasteiger partial charge is 0.497 e. The number of rotatable bonds is 14. The predicted molar refractivity (Wildman–Crippen MR) is 199 cm³/mol. The monoisotopic (exact) mass is 679 g/mol. The number of amides is 2. The molecule has 0 aromatic heterocycles. The van der Waals surface area contributed by atoms with E-state index in [-0.39, 0.29) is 55.1 Å². The van der Waals surface area contributed by atoms with E-state index in [1.165, 1.54) is 5.19 Å². The lowest BCUT2D eigenvalue weighted by Crippen LogP contribution is -2.51. The fourth-order valence-corrected chi connectivity index (χ4v) is 11.3. The SMILES string of the molecule is COc1ccc([Si](C)(C)[C@@H]2[C@@H](C)[C@@H](CCc3ccc(NC(=O)c4ccc(N)cc4)cc3)O[C@H]2CC(=O)N(CCO)Cc2ccccc2)cc1. The van der Waals surface area contributed by atoms with Gasteiger partial charge >= 0.3 is 0 Å². The van der Waals surface area contributed by atoms with E-state index in [0.717, 1.165) is 35.4 Å². The molecule has 0 saturated carbocycles. The number of nitrogens with one attached hydrogen (secondary N) is 1. The van der Waals surface area contributed by atoms with Crippen LogP contribution in [0.5, 0.6) is 5.75 Å². The molecule has 2 amide bonds. The number of anilines is 2. The average molecular weight is 680 g/mol. The summed E-state index contributed by atoms with van der Waals surface area (Å²) in [7, 11) is -0.479. The molecule has 1 fully saturated rings. The highest BCUT2D eigenvalue weighted by atomic mass is 28.3. The van der Waals surface area contributed by atoms with Gasteiger partial charge in [-0.15, -0.1) is 0 Å². The molecule has 49 heavy (non-hydrogen) atoms. The molecule has 8 nitrogen and oxygen atoms in total. The van der Waals surface area contributed by atoms with Crippen molar-refractivity contribution in [3.8, 4) is 5.75 Å². The maximum Gasteiger partial charge on any atom is 0.255 e. The summed E-state index contributed by atoms with van der Waals surface area (Å²) in [5.41, 5.74) is 10.0. The van der Waals surface area contributed by atoms with Gasteiger partial charge in [-0.05, 0) is 84.0 Å². The molecule has 1 saturated heterocycles. The van der Waals surface area contributed by atoms with Crippen molar-refractivity contribution >= 4 is 36.4 Å². The lowest BCUT2D eigenvalue weighted by Gasteiger charge is -2.36. The Bertz CT molecular complexity index is 1660. The van der Waals surface area contributed by atoms with Gasteiger partial charge in [0, 0.05) is 30.0 Å². The summed E-state index contributed by atoms with van der Waals surface area (Å²) in [5.74, 6) is 0.875. The van der Waals surface area contributed by atoms with E-state index in [1.807, 2.05) is 66.7 Å². The first-order valence-corrected chi connectivity index (χ1v) is 20.1. The number of methoxy groups -OCH3 is 1. The topological polar surface area (TPSA) is 114 Å². The minimum Gasteiger partial charge on any atom is -0.497 e. The first-order valence-electron chi connectivity index (χ1n) is 17.1. The van der Waals surface area contributed by atoms with Gasteiger partial charge < -0.3 is 30.5 Å². The summed E-state index contributed by atoms with van der Waals surface area (Å²) in [4.78, 5) is 28.3. The van der Waals surface area contributed by atoms with Crippen LogP contribution in [0.1, 0.15) is 41.3 Å². The van der Waals surface area contributed by atoms with Gasteiger partial charge in [0.05, 0.1) is 40.4 Å². The number of nitrogens with two attached hydrogens (primary N) is 1. The zero-order valence-corrected chi connectivity index (χ0v) is 30.0. The van der Waals surface area contributed by atoms with Gasteiger partial charge in [0.15, 0.2) is 0 Å². The van der Waals surface area contributed by atoms with Crippen LogP contribution in [-0.4, -0.2) is 62.4 Å².